The number of methoxy groups -OCH3 is 1. The minimum atomic E-state index is -3.62. The lowest BCUT2D eigenvalue weighted by Crippen LogP contribution is -2.40. The smallest absolute Gasteiger partial charge is 0.251 e. The molecular formula is C25H27N3O4S2. The Labute approximate surface area is 203 Å². The average Bonchev–Trinajstić information content (AvgIpc) is 3.15. The van der Waals surface area contributed by atoms with Crippen LogP contribution in [-0.2, 0) is 21.4 Å². The Bertz CT molecular complexity index is 1440. The number of thiazole rings is 1. The van der Waals surface area contributed by atoms with E-state index in [1.54, 1.807) is 12.1 Å². The third-order valence-electron chi connectivity index (χ3n) is 6.25. The first-order valence-electron chi connectivity index (χ1n) is 11.0. The summed E-state index contributed by atoms with van der Waals surface area (Å²) in [6, 6.07) is 10.5. The summed E-state index contributed by atoms with van der Waals surface area (Å²) in [5.74, 6) is 2.69. The number of aryl methyl sites for hydroxylation is 2. The fourth-order valence-corrected chi connectivity index (χ4v) is 6.66. The van der Waals surface area contributed by atoms with E-state index in [1.807, 2.05) is 11.5 Å². The number of fused-ring (bicyclic) bond motifs is 1. The Morgan fingerprint density at radius 1 is 1.18 bits per heavy atom. The molecule has 0 unspecified atom stereocenters. The van der Waals surface area contributed by atoms with Gasteiger partial charge in [-0.3, -0.25) is 4.79 Å². The number of amides is 1. The summed E-state index contributed by atoms with van der Waals surface area (Å²) in [5.41, 5.74) is 3.29. The fraction of sp³-hybridized carbons (Fsp3) is 0.360. The lowest BCUT2D eigenvalue weighted by Gasteiger charge is -2.29. The molecule has 3 aromatic rings. The SMILES string of the molecule is C#CCn1c(=NC(=O)C2CCN(S(=O)(=O)c3ccc(OC)cc3)CC2)sc2cc(C)c(C)cc21. The number of hydrogen-bond donors (Lipinski definition) is 0. The van der Waals surface area contributed by atoms with Crippen molar-refractivity contribution in [3.05, 3.63) is 52.3 Å². The van der Waals surface area contributed by atoms with Gasteiger partial charge in [0.25, 0.3) is 5.91 Å². The van der Waals surface area contributed by atoms with Gasteiger partial charge in [-0.2, -0.15) is 9.30 Å². The van der Waals surface area contributed by atoms with Crippen LogP contribution in [0.25, 0.3) is 10.2 Å². The normalized spacial score (nSPS) is 16.0. The molecule has 1 fully saturated rings. The standard InChI is InChI=1S/C25H27N3O4S2/c1-5-12-28-22-15-17(2)18(3)16-23(22)33-25(28)26-24(29)19-10-13-27(14-11-19)34(30,31)21-8-6-20(32-4)7-9-21/h1,6-9,15-16,19H,10-14H2,2-4H3. The van der Waals surface area contributed by atoms with Crippen molar-refractivity contribution in [2.45, 2.75) is 38.1 Å². The molecule has 178 valence electrons. The van der Waals surface area contributed by atoms with Crippen LogP contribution in [0.4, 0.5) is 0 Å². The maximum absolute atomic E-state index is 13.0. The molecule has 0 aliphatic carbocycles. The maximum Gasteiger partial charge on any atom is 0.251 e. The molecule has 1 amide bonds. The highest BCUT2D eigenvalue weighted by atomic mass is 32.2. The van der Waals surface area contributed by atoms with E-state index in [1.165, 1.54) is 40.4 Å². The van der Waals surface area contributed by atoms with Crippen molar-refractivity contribution < 1.29 is 17.9 Å². The number of hydrogen-bond acceptors (Lipinski definition) is 5. The molecule has 2 aromatic carbocycles. The van der Waals surface area contributed by atoms with Crippen LogP contribution in [0, 0.1) is 32.1 Å². The van der Waals surface area contributed by atoms with Crippen molar-refractivity contribution >= 4 is 37.5 Å². The first-order valence-corrected chi connectivity index (χ1v) is 13.3. The monoisotopic (exact) mass is 497 g/mol. The second-order valence-electron chi connectivity index (χ2n) is 8.38. The molecular weight excluding hydrogens is 470 g/mol. The van der Waals surface area contributed by atoms with Gasteiger partial charge in [0.1, 0.15) is 5.75 Å². The Balaban J connectivity index is 1.53. The van der Waals surface area contributed by atoms with Gasteiger partial charge in [-0.1, -0.05) is 17.3 Å². The molecule has 1 aromatic heterocycles. The molecule has 0 N–H and O–H groups in total. The van der Waals surface area contributed by atoms with Crippen LogP contribution < -0.4 is 9.54 Å². The van der Waals surface area contributed by atoms with E-state index in [-0.39, 0.29) is 29.8 Å². The first-order chi connectivity index (χ1) is 16.2. The molecule has 4 rings (SSSR count). The van der Waals surface area contributed by atoms with Gasteiger partial charge in [0, 0.05) is 19.0 Å². The topological polar surface area (TPSA) is 81.0 Å². The van der Waals surface area contributed by atoms with E-state index in [9.17, 15) is 13.2 Å². The zero-order valence-electron chi connectivity index (χ0n) is 19.4. The molecule has 34 heavy (non-hydrogen) atoms. The number of carbonyl (C=O) groups is 1. The molecule has 0 bridgehead atoms. The van der Waals surface area contributed by atoms with Crippen molar-refractivity contribution in [1.82, 2.24) is 8.87 Å². The number of piperidine rings is 1. The molecule has 1 saturated heterocycles. The van der Waals surface area contributed by atoms with Gasteiger partial charge in [0.05, 0.1) is 28.8 Å². The third kappa shape index (κ3) is 4.67. The zero-order chi connectivity index (χ0) is 24.5. The van der Waals surface area contributed by atoms with Crippen LogP contribution in [0.5, 0.6) is 5.75 Å². The molecule has 7 nitrogen and oxygen atoms in total. The summed E-state index contributed by atoms with van der Waals surface area (Å²) in [4.78, 5) is 18.2. The number of aromatic nitrogens is 1. The van der Waals surface area contributed by atoms with Crippen LogP contribution in [0.1, 0.15) is 24.0 Å². The fourth-order valence-electron chi connectivity index (χ4n) is 4.08. The predicted molar refractivity (Wildman–Crippen MR) is 133 cm³/mol. The van der Waals surface area contributed by atoms with E-state index < -0.39 is 10.0 Å². The molecule has 0 atom stereocenters. The second kappa shape index (κ2) is 9.74. The highest BCUT2D eigenvalue weighted by Crippen LogP contribution is 2.26. The molecule has 9 heteroatoms. The number of carbonyl (C=O) groups excluding carboxylic acids is 1. The summed E-state index contributed by atoms with van der Waals surface area (Å²) in [6.45, 7) is 4.97. The zero-order valence-corrected chi connectivity index (χ0v) is 21.1. The molecule has 1 aliphatic rings. The van der Waals surface area contributed by atoms with Gasteiger partial charge in [0.15, 0.2) is 4.80 Å². The Hall–Kier alpha value is -2.93. The van der Waals surface area contributed by atoms with Crippen LogP contribution in [0.15, 0.2) is 46.3 Å². The van der Waals surface area contributed by atoms with E-state index in [0.29, 0.717) is 29.9 Å². The van der Waals surface area contributed by atoms with Crippen molar-refractivity contribution in [3.8, 4) is 18.1 Å². The van der Waals surface area contributed by atoms with E-state index >= 15 is 0 Å². The van der Waals surface area contributed by atoms with Gasteiger partial charge < -0.3 is 9.30 Å². The molecule has 1 aliphatic heterocycles. The molecule has 0 spiro atoms. The molecule has 2 heterocycles. The van der Waals surface area contributed by atoms with E-state index in [0.717, 1.165) is 15.8 Å². The number of terminal acetylenes is 1. The summed E-state index contributed by atoms with van der Waals surface area (Å²) < 4.78 is 35.4. The first kappa shape index (κ1) is 24.2. The van der Waals surface area contributed by atoms with Gasteiger partial charge >= 0.3 is 0 Å². The van der Waals surface area contributed by atoms with Crippen molar-refractivity contribution in [3.63, 3.8) is 0 Å². The highest BCUT2D eigenvalue weighted by Gasteiger charge is 2.32. The Kier molecular flexibility index (Phi) is 6.94. The van der Waals surface area contributed by atoms with Crippen LogP contribution in [0.3, 0.4) is 0 Å². The van der Waals surface area contributed by atoms with Gasteiger partial charge in [0.2, 0.25) is 10.0 Å². The van der Waals surface area contributed by atoms with Crippen molar-refractivity contribution in [2.75, 3.05) is 20.2 Å². The minimum absolute atomic E-state index is 0.217. The Morgan fingerprint density at radius 2 is 1.82 bits per heavy atom. The average molecular weight is 498 g/mol. The summed E-state index contributed by atoms with van der Waals surface area (Å²) in [7, 11) is -2.09. The van der Waals surface area contributed by atoms with Crippen molar-refractivity contribution in [1.29, 1.82) is 0 Å². The molecule has 0 radical (unpaired) electrons. The maximum atomic E-state index is 13.0. The van der Waals surface area contributed by atoms with Crippen LogP contribution in [0.2, 0.25) is 0 Å². The lowest BCUT2D eigenvalue weighted by molar-refractivity contribution is -0.122. The number of rotatable bonds is 5. The highest BCUT2D eigenvalue weighted by molar-refractivity contribution is 7.89. The second-order valence-corrected chi connectivity index (χ2v) is 11.3. The summed E-state index contributed by atoms with van der Waals surface area (Å²) in [5, 5.41) is 0. The van der Waals surface area contributed by atoms with Crippen LogP contribution in [-0.4, -0.2) is 43.4 Å². The number of nitrogens with zero attached hydrogens (tertiary/aromatic N) is 3. The summed E-state index contributed by atoms with van der Waals surface area (Å²) in [6.07, 6.45) is 6.43. The van der Waals surface area contributed by atoms with Crippen LogP contribution >= 0.6 is 11.3 Å². The van der Waals surface area contributed by atoms with Crippen molar-refractivity contribution in [2.24, 2.45) is 10.9 Å². The lowest BCUT2D eigenvalue weighted by atomic mass is 9.98. The summed E-state index contributed by atoms with van der Waals surface area (Å²) >= 11 is 1.45. The van der Waals surface area contributed by atoms with Gasteiger partial charge in [-0.25, -0.2) is 8.42 Å². The third-order valence-corrected chi connectivity index (χ3v) is 9.21. The van der Waals surface area contributed by atoms with Gasteiger partial charge in [-0.15, -0.1) is 6.42 Å². The largest absolute Gasteiger partial charge is 0.497 e. The quantitative estimate of drug-likeness (QED) is 0.506. The van der Waals surface area contributed by atoms with E-state index in [4.69, 9.17) is 11.2 Å². The number of sulfonamides is 1. The van der Waals surface area contributed by atoms with Gasteiger partial charge in [-0.05, 0) is 74.2 Å². The predicted octanol–water partition coefficient (Wildman–Crippen LogP) is 3.49. The number of benzene rings is 2. The van der Waals surface area contributed by atoms with E-state index in [2.05, 4.69) is 30.0 Å². The number of ether oxygens (including phenoxy) is 1. The molecule has 0 saturated carbocycles. The Morgan fingerprint density at radius 3 is 2.44 bits per heavy atom. The minimum Gasteiger partial charge on any atom is -0.497 e.